The fourth-order valence-corrected chi connectivity index (χ4v) is 5.79. The Bertz CT molecular complexity index is 1190. The fourth-order valence-electron chi connectivity index (χ4n) is 3.33. The fraction of sp³-hybridized carbons (Fsp3) is 0.381. The van der Waals surface area contributed by atoms with Gasteiger partial charge in [0.1, 0.15) is 0 Å². The maximum absolute atomic E-state index is 13.0. The first-order valence-corrected chi connectivity index (χ1v) is 14.5. The third-order valence-corrected chi connectivity index (χ3v) is 8.61. The van der Waals surface area contributed by atoms with Gasteiger partial charge in [0.15, 0.2) is 9.84 Å². The highest BCUT2D eigenvalue weighted by Crippen LogP contribution is 2.26. The number of nitrogens with one attached hydrogen (secondary N) is 1. The molecule has 0 unspecified atom stereocenters. The standard InChI is InChI=1S/C21H26N2O6S3/c1-15(16-4-6-17(7-5-16)31(3,25)26)22-32(27,28)18-8-9-20(30-2)19(14-18)21(24)23-10-12-29-13-11-23/h4-9,14-15,22H,10-13H2,1-3H3/t15-/m1/s1. The monoisotopic (exact) mass is 498 g/mol. The van der Waals surface area contributed by atoms with Crippen LogP contribution < -0.4 is 4.72 Å². The highest BCUT2D eigenvalue weighted by molar-refractivity contribution is 7.98. The molecule has 11 heteroatoms. The van der Waals surface area contributed by atoms with E-state index in [0.29, 0.717) is 42.3 Å². The van der Waals surface area contributed by atoms with Crippen molar-refractivity contribution in [1.82, 2.24) is 9.62 Å². The topological polar surface area (TPSA) is 110 Å². The van der Waals surface area contributed by atoms with Gasteiger partial charge in [0.05, 0.1) is 28.6 Å². The summed E-state index contributed by atoms with van der Waals surface area (Å²) in [4.78, 5) is 15.5. The van der Waals surface area contributed by atoms with Crippen molar-refractivity contribution in [1.29, 1.82) is 0 Å². The van der Waals surface area contributed by atoms with Crippen LogP contribution in [0.5, 0.6) is 0 Å². The predicted molar refractivity (Wildman–Crippen MR) is 123 cm³/mol. The molecule has 2 aromatic carbocycles. The number of nitrogens with zero attached hydrogens (tertiary/aromatic N) is 1. The number of amides is 1. The molecular weight excluding hydrogens is 472 g/mol. The van der Waals surface area contributed by atoms with Gasteiger partial charge < -0.3 is 9.64 Å². The normalized spacial score (nSPS) is 16.0. The first-order chi connectivity index (χ1) is 15.0. The van der Waals surface area contributed by atoms with E-state index in [1.165, 1.54) is 36.0 Å². The van der Waals surface area contributed by atoms with Crippen molar-refractivity contribution in [3.8, 4) is 0 Å². The van der Waals surface area contributed by atoms with Crippen LogP contribution in [-0.2, 0) is 24.6 Å². The molecule has 1 amide bonds. The minimum Gasteiger partial charge on any atom is -0.378 e. The molecule has 8 nitrogen and oxygen atoms in total. The molecule has 32 heavy (non-hydrogen) atoms. The van der Waals surface area contributed by atoms with Crippen molar-refractivity contribution in [3.05, 3.63) is 53.6 Å². The van der Waals surface area contributed by atoms with Crippen LogP contribution in [0, 0.1) is 0 Å². The summed E-state index contributed by atoms with van der Waals surface area (Å²) >= 11 is 1.38. The van der Waals surface area contributed by atoms with Crippen LogP contribution in [0.15, 0.2) is 57.2 Å². The van der Waals surface area contributed by atoms with Gasteiger partial charge in [0, 0.05) is 30.3 Å². The summed E-state index contributed by atoms with van der Waals surface area (Å²) in [5, 5.41) is 0. The molecule has 0 radical (unpaired) electrons. The van der Waals surface area contributed by atoms with E-state index in [1.807, 2.05) is 6.26 Å². The second kappa shape index (κ2) is 9.92. The molecule has 3 rings (SSSR count). The number of carbonyl (C=O) groups is 1. The van der Waals surface area contributed by atoms with Crippen LogP contribution in [0.1, 0.15) is 28.9 Å². The summed E-state index contributed by atoms with van der Waals surface area (Å²) in [6.45, 7) is 3.50. The van der Waals surface area contributed by atoms with Gasteiger partial charge in [0.25, 0.3) is 5.91 Å². The molecule has 0 spiro atoms. The summed E-state index contributed by atoms with van der Waals surface area (Å²) in [5.74, 6) is -0.223. The van der Waals surface area contributed by atoms with E-state index in [4.69, 9.17) is 4.74 Å². The van der Waals surface area contributed by atoms with Gasteiger partial charge in [-0.25, -0.2) is 21.6 Å². The van der Waals surface area contributed by atoms with Crippen LogP contribution >= 0.6 is 11.8 Å². The molecule has 174 valence electrons. The summed E-state index contributed by atoms with van der Waals surface area (Å²) in [5.41, 5.74) is 0.957. The highest BCUT2D eigenvalue weighted by atomic mass is 32.2. The molecule has 1 aliphatic rings. The van der Waals surface area contributed by atoms with E-state index in [1.54, 1.807) is 30.0 Å². The Morgan fingerprint density at radius 2 is 1.62 bits per heavy atom. The summed E-state index contributed by atoms with van der Waals surface area (Å²) < 4.78 is 57.2. The maximum atomic E-state index is 13.0. The molecule has 1 saturated heterocycles. The Morgan fingerprint density at radius 1 is 1.03 bits per heavy atom. The van der Waals surface area contributed by atoms with E-state index in [9.17, 15) is 21.6 Å². The van der Waals surface area contributed by atoms with Crippen LogP contribution in [0.3, 0.4) is 0 Å². The van der Waals surface area contributed by atoms with Gasteiger partial charge in [-0.2, -0.15) is 0 Å². The zero-order valence-electron chi connectivity index (χ0n) is 18.1. The predicted octanol–water partition coefficient (Wildman–Crippen LogP) is 2.32. The average molecular weight is 499 g/mol. The molecule has 1 heterocycles. The molecule has 0 aromatic heterocycles. The lowest BCUT2D eigenvalue weighted by atomic mass is 10.1. The van der Waals surface area contributed by atoms with Gasteiger partial charge in [-0.3, -0.25) is 4.79 Å². The van der Waals surface area contributed by atoms with Gasteiger partial charge in [-0.15, -0.1) is 11.8 Å². The summed E-state index contributed by atoms with van der Waals surface area (Å²) in [6, 6.07) is 9.96. The number of sulfonamides is 1. The van der Waals surface area contributed by atoms with Crippen molar-refractivity contribution in [2.45, 2.75) is 27.7 Å². The number of rotatable bonds is 7. The van der Waals surface area contributed by atoms with Gasteiger partial charge in [0.2, 0.25) is 10.0 Å². The molecule has 1 fully saturated rings. The summed E-state index contributed by atoms with van der Waals surface area (Å²) in [6.07, 6.45) is 2.95. The number of ether oxygens (including phenoxy) is 1. The molecule has 0 aliphatic carbocycles. The average Bonchev–Trinajstić information content (AvgIpc) is 2.78. The van der Waals surface area contributed by atoms with E-state index >= 15 is 0 Å². The zero-order chi connectivity index (χ0) is 23.5. The van der Waals surface area contributed by atoms with Crippen molar-refractivity contribution < 1.29 is 26.4 Å². The number of hydrogen-bond donors (Lipinski definition) is 1. The number of carbonyl (C=O) groups excluding carboxylic acids is 1. The Labute approximate surface area is 193 Å². The van der Waals surface area contributed by atoms with Gasteiger partial charge >= 0.3 is 0 Å². The van der Waals surface area contributed by atoms with Gasteiger partial charge in [-0.1, -0.05) is 12.1 Å². The van der Waals surface area contributed by atoms with Gasteiger partial charge in [-0.05, 0) is 49.1 Å². The quantitative estimate of drug-likeness (QED) is 0.584. The van der Waals surface area contributed by atoms with Crippen molar-refractivity contribution in [2.75, 3.05) is 38.8 Å². The number of sulfone groups is 1. The lowest BCUT2D eigenvalue weighted by Gasteiger charge is -2.27. The van der Waals surface area contributed by atoms with Crippen LogP contribution in [0.2, 0.25) is 0 Å². The van der Waals surface area contributed by atoms with Crippen molar-refractivity contribution in [3.63, 3.8) is 0 Å². The second-order valence-corrected chi connectivity index (χ2v) is 12.0. The number of benzene rings is 2. The summed E-state index contributed by atoms with van der Waals surface area (Å²) in [7, 11) is -7.27. The molecular formula is C21H26N2O6S3. The number of thioether (sulfide) groups is 1. The first-order valence-electron chi connectivity index (χ1n) is 9.90. The maximum Gasteiger partial charge on any atom is 0.255 e. The minimum atomic E-state index is -3.93. The SMILES string of the molecule is CSc1ccc(S(=O)(=O)N[C@H](C)c2ccc(S(C)(=O)=O)cc2)cc1C(=O)N1CCOCC1. The molecule has 1 aliphatic heterocycles. The highest BCUT2D eigenvalue weighted by Gasteiger charge is 2.25. The Hall–Kier alpha value is -1.92. The smallest absolute Gasteiger partial charge is 0.255 e. The van der Waals surface area contributed by atoms with E-state index in [2.05, 4.69) is 4.72 Å². The minimum absolute atomic E-state index is 0.00786. The van der Waals surface area contributed by atoms with Crippen LogP contribution in [0.4, 0.5) is 0 Å². The third-order valence-electron chi connectivity index (χ3n) is 5.15. The first kappa shape index (κ1) is 24.7. The van der Waals surface area contributed by atoms with Crippen molar-refractivity contribution >= 4 is 37.5 Å². The van der Waals surface area contributed by atoms with E-state index in [0.717, 1.165) is 6.26 Å². The van der Waals surface area contributed by atoms with E-state index in [-0.39, 0.29) is 15.7 Å². The lowest BCUT2D eigenvalue weighted by molar-refractivity contribution is 0.0300. The second-order valence-electron chi connectivity index (χ2n) is 7.45. The number of hydrogen-bond acceptors (Lipinski definition) is 7. The van der Waals surface area contributed by atoms with Crippen LogP contribution in [0.25, 0.3) is 0 Å². The molecule has 0 saturated carbocycles. The number of morpholine rings is 1. The molecule has 0 bridgehead atoms. The van der Waals surface area contributed by atoms with Crippen molar-refractivity contribution in [2.24, 2.45) is 0 Å². The molecule has 2 aromatic rings. The Balaban J connectivity index is 1.85. The third kappa shape index (κ3) is 5.70. The Morgan fingerprint density at radius 3 is 2.19 bits per heavy atom. The van der Waals surface area contributed by atoms with E-state index < -0.39 is 25.9 Å². The largest absolute Gasteiger partial charge is 0.378 e. The molecule has 1 atom stereocenters. The zero-order valence-corrected chi connectivity index (χ0v) is 20.5. The molecule has 1 N–H and O–H groups in total. The lowest BCUT2D eigenvalue weighted by Crippen LogP contribution is -2.41. The van der Waals surface area contributed by atoms with Crippen LogP contribution in [-0.4, -0.2) is 66.5 Å². The Kier molecular flexibility index (Phi) is 7.66.